The number of benzene rings is 10. The Hall–Kier alpha value is -6.74. The Morgan fingerprint density at radius 3 is 1.67 bits per heavy atom. The van der Waals surface area contributed by atoms with E-state index in [-0.39, 0.29) is 0 Å². The molecule has 0 saturated heterocycles. The largest absolute Gasteiger partial charge is 0.455 e. The zero-order valence-corrected chi connectivity index (χ0v) is 30.0. The van der Waals surface area contributed by atoms with E-state index in [0.29, 0.717) is 0 Å². The lowest BCUT2D eigenvalue weighted by Crippen LogP contribution is -1.91. The van der Waals surface area contributed by atoms with Crippen LogP contribution in [0, 0.1) is 0 Å². The molecule has 2 heteroatoms. The third kappa shape index (κ3) is 4.26. The number of rotatable bonds is 3. The molecule has 1 nitrogen and oxygen atoms in total. The molecule has 0 saturated carbocycles. The summed E-state index contributed by atoms with van der Waals surface area (Å²) in [6.07, 6.45) is 0. The lowest BCUT2D eigenvalue weighted by molar-refractivity contribution is 0.672. The van der Waals surface area contributed by atoms with Crippen LogP contribution in [0.4, 0.5) is 0 Å². The van der Waals surface area contributed by atoms with Gasteiger partial charge in [0.15, 0.2) is 0 Å². The summed E-state index contributed by atoms with van der Waals surface area (Å²) in [5, 5.41) is 15.0. The molecular formula is C52H30OS. The highest BCUT2D eigenvalue weighted by Gasteiger charge is 2.19. The van der Waals surface area contributed by atoms with Gasteiger partial charge in [-0.05, 0) is 101 Å². The summed E-state index contributed by atoms with van der Waals surface area (Å²) in [7, 11) is 0. The third-order valence-electron chi connectivity index (χ3n) is 11.5. The predicted octanol–water partition coefficient (Wildman–Crippen LogP) is 15.6. The van der Waals surface area contributed by atoms with Gasteiger partial charge in [-0.2, -0.15) is 0 Å². The maximum Gasteiger partial charge on any atom is 0.143 e. The molecule has 0 bridgehead atoms. The van der Waals surface area contributed by atoms with Crippen LogP contribution in [0.15, 0.2) is 186 Å². The van der Waals surface area contributed by atoms with Crippen molar-refractivity contribution in [3.63, 3.8) is 0 Å². The number of hydrogen-bond acceptors (Lipinski definition) is 2. The molecule has 0 N–H and O–H groups in total. The van der Waals surface area contributed by atoms with Crippen LogP contribution in [0.5, 0.6) is 0 Å². The summed E-state index contributed by atoms with van der Waals surface area (Å²) in [4.78, 5) is 0. The molecule has 0 aliphatic heterocycles. The van der Waals surface area contributed by atoms with Crippen molar-refractivity contribution in [3.8, 4) is 33.4 Å². The average Bonchev–Trinajstić information content (AvgIpc) is 3.81. The molecular weight excluding hydrogens is 673 g/mol. The monoisotopic (exact) mass is 702 g/mol. The van der Waals surface area contributed by atoms with Crippen LogP contribution in [-0.4, -0.2) is 0 Å². The molecule has 250 valence electrons. The zero-order chi connectivity index (χ0) is 35.3. The van der Waals surface area contributed by atoms with Crippen LogP contribution in [0.25, 0.3) is 119 Å². The van der Waals surface area contributed by atoms with Crippen LogP contribution in [0.1, 0.15) is 0 Å². The second kappa shape index (κ2) is 11.4. The highest BCUT2D eigenvalue weighted by molar-refractivity contribution is 7.26. The minimum atomic E-state index is 0.935. The lowest BCUT2D eigenvalue weighted by atomic mass is 9.84. The van der Waals surface area contributed by atoms with E-state index >= 15 is 0 Å². The van der Waals surface area contributed by atoms with Crippen molar-refractivity contribution < 1.29 is 4.42 Å². The van der Waals surface area contributed by atoms with Crippen LogP contribution in [-0.2, 0) is 0 Å². The molecule has 0 fully saturated rings. The van der Waals surface area contributed by atoms with Gasteiger partial charge in [0.1, 0.15) is 11.2 Å². The predicted molar refractivity (Wildman–Crippen MR) is 233 cm³/mol. The molecule has 0 radical (unpaired) electrons. The van der Waals surface area contributed by atoms with E-state index in [0.717, 1.165) is 11.2 Å². The van der Waals surface area contributed by atoms with Crippen molar-refractivity contribution in [2.75, 3.05) is 0 Å². The van der Waals surface area contributed by atoms with E-state index in [2.05, 4.69) is 176 Å². The maximum atomic E-state index is 6.41. The first-order chi connectivity index (χ1) is 26.8. The third-order valence-corrected chi connectivity index (χ3v) is 12.6. The smallest absolute Gasteiger partial charge is 0.143 e. The molecule has 12 rings (SSSR count). The Kier molecular flexibility index (Phi) is 6.28. The van der Waals surface area contributed by atoms with Crippen LogP contribution >= 0.6 is 11.3 Å². The first-order valence-electron chi connectivity index (χ1n) is 18.5. The molecule has 10 aromatic carbocycles. The van der Waals surface area contributed by atoms with E-state index in [4.69, 9.17) is 4.42 Å². The molecule has 0 amide bonds. The normalized spacial score (nSPS) is 12.1. The Bertz CT molecular complexity index is 3430. The number of fused-ring (bicyclic) bond motifs is 12. The summed E-state index contributed by atoms with van der Waals surface area (Å²) in [6, 6.07) is 66.7. The second-order valence-corrected chi connectivity index (χ2v) is 15.4. The number of furan rings is 1. The molecule has 0 atom stereocenters. The minimum absolute atomic E-state index is 0.935. The van der Waals surface area contributed by atoms with Gasteiger partial charge >= 0.3 is 0 Å². The quantitative estimate of drug-likeness (QED) is 0.167. The fraction of sp³-hybridized carbons (Fsp3) is 0. The molecule has 2 aromatic heterocycles. The SMILES string of the molecule is c1ccc2c(-c3c4ccccc4c(-c4ccc(-c5ccc6c(c5)sc5ccc7c(ccc8c9ccccc9oc87)c56)cc4)c4ccccc34)cccc2c1. The Labute approximate surface area is 314 Å². The molecule has 0 spiro atoms. The highest BCUT2D eigenvalue weighted by atomic mass is 32.1. The number of thiophene rings is 1. The van der Waals surface area contributed by atoms with Gasteiger partial charge in [-0.25, -0.2) is 0 Å². The number of hydrogen-bond donors (Lipinski definition) is 0. The van der Waals surface area contributed by atoms with Gasteiger partial charge in [0.2, 0.25) is 0 Å². The first-order valence-corrected chi connectivity index (χ1v) is 19.3. The Morgan fingerprint density at radius 2 is 0.889 bits per heavy atom. The molecule has 54 heavy (non-hydrogen) atoms. The van der Waals surface area contributed by atoms with Crippen molar-refractivity contribution in [1.82, 2.24) is 0 Å². The van der Waals surface area contributed by atoms with Gasteiger partial charge in [-0.15, -0.1) is 11.3 Å². The van der Waals surface area contributed by atoms with Crippen LogP contribution in [0.2, 0.25) is 0 Å². The maximum absolute atomic E-state index is 6.41. The van der Waals surface area contributed by atoms with Crippen LogP contribution < -0.4 is 0 Å². The van der Waals surface area contributed by atoms with Gasteiger partial charge in [0.05, 0.1) is 0 Å². The van der Waals surface area contributed by atoms with E-state index < -0.39 is 0 Å². The Morgan fingerprint density at radius 1 is 0.333 bits per heavy atom. The topological polar surface area (TPSA) is 13.1 Å². The fourth-order valence-corrected chi connectivity index (χ4v) is 10.2. The van der Waals surface area contributed by atoms with Gasteiger partial charge < -0.3 is 4.42 Å². The number of para-hydroxylation sites is 1. The van der Waals surface area contributed by atoms with Gasteiger partial charge in [-0.1, -0.05) is 152 Å². The second-order valence-electron chi connectivity index (χ2n) is 14.3. The minimum Gasteiger partial charge on any atom is -0.455 e. The van der Waals surface area contributed by atoms with Gasteiger partial charge in [-0.3, -0.25) is 0 Å². The molecule has 0 unspecified atom stereocenters. The first kappa shape index (κ1) is 29.8. The van der Waals surface area contributed by atoms with E-state index in [9.17, 15) is 0 Å². The summed E-state index contributed by atoms with van der Waals surface area (Å²) in [6.45, 7) is 0. The summed E-state index contributed by atoms with van der Waals surface area (Å²) in [5.74, 6) is 0. The standard InChI is InChI=1S/C52H30OS/c1-2-12-35-32(10-1)11-9-18-37(35)50-40-16-5-3-14-38(40)49(39-15-4-6-17-41(39)50)33-22-20-31(21-23-33)34-24-25-45-48(30-34)54-47-29-28-44-42(51(45)47)26-27-43-36-13-7-8-19-46(36)53-52(43)44/h1-30H. The zero-order valence-electron chi connectivity index (χ0n) is 29.1. The summed E-state index contributed by atoms with van der Waals surface area (Å²) in [5.41, 5.74) is 9.42. The molecule has 0 aliphatic carbocycles. The van der Waals surface area contributed by atoms with Gasteiger partial charge in [0.25, 0.3) is 0 Å². The van der Waals surface area contributed by atoms with Crippen molar-refractivity contribution in [1.29, 1.82) is 0 Å². The lowest BCUT2D eigenvalue weighted by Gasteiger charge is -2.19. The summed E-state index contributed by atoms with van der Waals surface area (Å²) >= 11 is 1.87. The highest BCUT2D eigenvalue weighted by Crippen LogP contribution is 2.46. The average molecular weight is 703 g/mol. The van der Waals surface area contributed by atoms with E-state index in [1.54, 1.807) is 0 Å². The van der Waals surface area contributed by atoms with Crippen molar-refractivity contribution >= 4 is 96.5 Å². The molecule has 0 aliphatic rings. The summed E-state index contributed by atoms with van der Waals surface area (Å²) < 4.78 is 9.01. The van der Waals surface area contributed by atoms with Gasteiger partial charge in [0, 0.05) is 36.3 Å². The molecule has 12 aromatic rings. The van der Waals surface area contributed by atoms with Crippen molar-refractivity contribution in [3.05, 3.63) is 182 Å². The van der Waals surface area contributed by atoms with E-state index in [1.807, 2.05) is 17.4 Å². The molecule has 2 heterocycles. The van der Waals surface area contributed by atoms with E-state index in [1.165, 1.54) is 107 Å². The van der Waals surface area contributed by atoms with Crippen molar-refractivity contribution in [2.45, 2.75) is 0 Å². The van der Waals surface area contributed by atoms with Crippen LogP contribution in [0.3, 0.4) is 0 Å². The van der Waals surface area contributed by atoms with Crippen molar-refractivity contribution in [2.24, 2.45) is 0 Å². The fourth-order valence-electron chi connectivity index (χ4n) is 9.04. The Balaban J connectivity index is 0.989.